The van der Waals surface area contributed by atoms with Crippen LogP contribution in [0.2, 0.25) is 0 Å². The highest BCUT2D eigenvalue weighted by Crippen LogP contribution is 2.22. The van der Waals surface area contributed by atoms with Crippen LogP contribution in [0, 0.1) is 5.92 Å². The summed E-state index contributed by atoms with van der Waals surface area (Å²) in [6.45, 7) is 5.63. The Hall–Kier alpha value is -2.30. The molecule has 0 aliphatic rings. The zero-order valence-corrected chi connectivity index (χ0v) is 13.8. The van der Waals surface area contributed by atoms with E-state index in [1.807, 2.05) is 44.3 Å². The third-order valence-corrected chi connectivity index (χ3v) is 4.51. The number of fused-ring (bicyclic) bond motifs is 1. The van der Waals surface area contributed by atoms with Crippen LogP contribution in [0.5, 0.6) is 0 Å². The Balaban J connectivity index is 2.00. The molecule has 0 fully saturated rings. The van der Waals surface area contributed by atoms with Crippen LogP contribution in [0.3, 0.4) is 0 Å². The van der Waals surface area contributed by atoms with Crippen LogP contribution < -0.4 is 5.32 Å². The molecule has 0 saturated carbocycles. The topological polar surface area (TPSA) is 82.2 Å². The first-order chi connectivity index (χ1) is 10.8. The standard InChI is InChI=1S/C18H24N2O3/c1-12(2)18(3,10-17(22)23)20-16(21)9-8-13-11-19-15-7-5-4-6-14(13)15/h4-7,11-12,19H,8-10H2,1-3H3,(H,20,21)(H,22,23). The van der Waals surface area contributed by atoms with Gasteiger partial charge in [0.2, 0.25) is 5.91 Å². The minimum absolute atomic E-state index is 0.0376. The number of carbonyl (C=O) groups is 2. The lowest BCUT2D eigenvalue weighted by molar-refractivity contribution is -0.139. The number of nitrogens with one attached hydrogen (secondary N) is 2. The first-order valence-corrected chi connectivity index (χ1v) is 7.89. The highest BCUT2D eigenvalue weighted by atomic mass is 16.4. The summed E-state index contributed by atoms with van der Waals surface area (Å²) in [5.74, 6) is -0.985. The van der Waals surface area contributed by atoms with Gasteiger partial charge in [0.05, 0.1) is 6.42 Å². The molecule has 1 aromatic heterocycles. The lowest BCUT2D eigenvalue weighted by Crippen LogP contribution is -2.51. The molecule has 0 radical (unpaired) electrons. The molecule has 0 spiro atoms. The fraction of sp³-hybridized carbons (Fsp3) is 0.444. The van der Waals surface area contributed by atoms with Crippen molar-refractivity contribution in [2.24, 2.45) is 5.92 Å². The van der Waals surface area contributed by atoms with Crippen LogP contribution in [0.1, 0.15) is 39.2 Å². The number of carbonyl (C=O) groups excluding carboxylic acids is 1. The largest absolute Gasteiger partial charge is 0.481 e. The number of carboxylic acids is 1. The van der Waals surface area contributed by atoms with Crippen LogP contribution in [-0.2, 0) is 16.0 Å². The first-order valence-electron chi connectivity index (χ1n) is 7.89. The number of para-hydroxylation sites is 1. The fourth-order valence-electron chi connectivity index (χ4n) is 2.67. The summed E-state index contributed by atoms with van der Waals surface area (Å²) in [6.07, 6.45) is 2.81. The Bertz CT molecular complexity index is 705. The minimum atomic E-state index is -0.905. The molecule has 23 heavy (non-hydrogen) atoms. The number of hydrogen-bond acceptors (Lipinski definition) is 2. The number of aromatic amines is 1. The number of benzene rings is 1. The molecule has 1 atom stereocenters. The van der Waals surface area contributed by atoms with Crippen molar-refractivity contribution in [3.05, 3.63) is 36.0 Å². The van der Waals surface area contributed by atoms with Gasteiger partial charge >= 0.3 is 5.97 Å². The Kier molecular flexibility index (Phi) is 5.08. The number of carboxylic acid groups (broad SMARTS) is 1. The third kappa shape index (κ3) is 4.12. The maximum absolute atomic E-state index is 12.3. The molecule has 2 aromatic rings. The molecule has 1 amide bonds. The van der Waals surface area contributed by atoms with Crippen molar-refractivity contribution in [3.63, 3.8) is 0 Å². The van der Waals surface area contributed by atoms with E-state index in [-0.39, 0.29) is 18.2 Å². The maximum atomic E-state index is 12.3. The van der Waals surface area contributed by atoms with Crippen LogP contribution in [0.15, 0.2) is 30.5 Å². The highest BCUT2D eigenvalue weighted by molar-refractivity contribution is 5.84. The summed E-state index contributed by atoms with van der Waals surface area (Å²) in [5, 5.41) is 13.1. The third-order valence-electron chi connectivity index (χ3n) is 4.51. The Labute approximate surface area is 136 Å². The average molecular weight is 316 g/mol. The molecular weight excluding hydrogens is 292 g/mol. The molecule has 0 aliphatic heterocycles. The summed E-state index contributed by atoms with van der Waals surface area (Å²) >= 11 is 0. The van der Waals surface area contributed by atoms with Gasteiger partial charge in [-0.1, -0.05) is 32.0 Å². The Morgan fingerprint density at radius 1 is 1.30 bits per heavy atom. The molecule has 5 nitrogen and oxygen atoms in total. The molecule has 1 heterocycles. The predicted octanol–water partition coefficient (Wildman–Crippen LogP) is 3.11. The first kappa shape index (κ1) is 17.1. The van der Waals surface area contributed by atoms with Crippen LogP contribution in [0.25, 0.3) is 10.9 Å². The van der Waals surface area contributed by atoms with Gasteiger partial charge in [0.25, 0.3) is 0 Å². The average Bonchev–Trinajstić information content (AvgIpc) is 2.87. The van der Waals surface area contributed by atoms with Gasteiger partial charge in [-0.15, -0.1) is 0 Å². The molecule has 124 valence electrons. The normalized spacial score (nSPS) is 13.9. The monoisotopic (exact) mass is 316 g/mol. The maximum Gasteiger partial charge on any atom is 0.305 e. The zero-order chi connectivity index (χ0) is 17.0. The van der Waals surface area contributed by atoms with Gasteiger partial charge < -0.3 is 15.4 Å². The quantitative estimate of drug-likeness (QED) is 0.734. The molecule has 2 rings (SSSR count). The Morgan fingerprint density at radius 2 is 2.00 bits per heavy atom. The van der Waals surface area contributed by atoms with Gasteiger partial charge in [-0.2, -0.15) is 0 Å². The van der Waals surface area contributed by atoms with Crippen LogP contribution >= 0.6 is 0 Å². The highest BCUT2D eigenvalue weighted by Gasteiger charge is 2.32. The van der Waals surface area contributed by atoms with E-state index in [1.54, 1.807) is 6.92 Å². The summed E-state index contributed by atoms with van der Waals surface area (Å²) < 4.78 is 0. The summed E-state index contributed by atoms with van der Waals surface area (Å²) in [5.41, 5.74) is 1.42. The van der Waals surface area contributed by atoms with Gasteiger partial charge in [-0.05, 0) is 30.9 Å². The lowest BCUT2D eigenvalue weighted by atomic mass is 9.85. The zero-order valence-electron chi connectivity index (χ0n) is 13.8. The Morgan fingerprint density at radius 3 is 2.65 bits per heavy atom. The summed E-state index contributed by atoms with van der Waals surface area (Å²) in [6, 6.07) is 7.97. The van der Waals surface area contributed by atoms with Crippen molar-refractivity contribution < 1.29 is 14.7 Å². The molecule has 1 unspecified atom stereocenters. The van der Waals surface area contributed by atoms with E-state index in [1.165, 1.54) is 0 Å². The number of amides is 1. The smallest absolute Gasteiger partial charge is 0.305 e. The number of rotatable bonds is 7. The SMILES string of the molecule is CC(C)C(C)(CC(=O)O)NC(=O)CCc1c[nH]c2ccccc12. The molecule has 1 aromatic carbocycles. The second kappa shape index (κ2) is 6.86. The molecule has 0 saturated heterocycles. The number of aromatic nitrogens is 1. The van der Waals surface area contributed by atoms with E-state index in [0.29, 0.717) is 12.8 Å². The van der Waals surface area contributed by atoms with Crippen molar-refractivity contribution in [1.82, 2.24) is 10.3 Å². The molecule has 0 aliphatic carbocycles. The van der Waals surface area contributed by atoms with Gasteiger partial charge in [-0.25, -0.2) is 0 Å². The molecule has 5 heteroatoms. The van der Waals surface area contributed by atoms with E-state index < -0.39 is 11.5 Å². The van der Waals surface area contributed by atoms with Crippen molar-refractivity contribution in [2.45, 2.75) is 45.6 Å². The van der Waals surface area contributed by atoms with E-state index >= 15 is 0 Å². The van der Waals surface area contributed by atoms with Crippen molar-refractivity contribution in [1.29, 1.82) is 0 Å². The minimum Gasteiger partial charge on any atom is -0.481 e. The molecule has 0 bridgehead atoms. The number of aliphatic carboxylic acids is 1. The van der Waals surface area contributed by atoms with Gasteiger partial charge in [-0.3, -0.25) is 9.59 Å². The summed E-state index contributed by atoms with van der Waals surface area (Å²) in [4.78, 5) is 26.5. The molecule has 3 N–H and O–H groups in total. The lowest BCUT2D eigenvalue weighted by Gasteiger charge is -2.33. The predicted molar refractivity (Wildman–Crippen MR) is 90.3 cm³/mol. The fourth-order valence-corrected chi connectivity index (χ4v) is 2.67. The number of hydrogen-bond donors (Lipinski definition) is 3. The van der Waals surface area contributed by atoms with Crippen molar-refractivity contribution >= 4 is 22.8 Å². The number of H-pyrrole nitrogens is 1. The summed E-state index contributed by atoms with van der Waals surface area (Å²) in [7, 11) is 0. The van der Waals surface area contributed by atoms with Crippen LogP contribution in [0.4, 0.5) is 0 Å². The van der Waals surface area contributed by atoms with Crippen molar-refractivity contribution in [2.75, 3.05) is 0 Å². The molecular formula is C18H24N2O3. The van der Waals surface area contributed by atoms with Gasteiger partial charge in [0.15, 0.2) is 0 Å². The van der Waals surface area contributed by atoms with E-state index in [9.17, 15) is 9.59 Å². The van der Waals surface area contributed by atoms with Gasteiger partial charge in [0, 0.05) is 29.1 Å². The van der Waals surface area contributed by atoms with Crippen molar-refractivity contribution in [3.8, 4) is 0 Å². The number of aryl methyl sites for hydroxylation is 1. The van der Waals surface area contributed by atoms with E-state index in [0.717, 1.165) is 16.5 Å². The second-order valence-corrected chi connectivity index (χ2v) is 6.55. The second-order valence-electron chi connectivity index (χ2n) is 6.55. The van der Waals surface area contributed by atoms with Gasteiger partial charge in [0.1, 0.15) is 0 Å². The van der Waals surface area contributed by atoms with E-state index in [4.69, 9.17) is 5.11 Å². The van der Waals surface area contributed by atoms with Crippen LogP contribution in [-0.4, -0.2) is 27.5 Å². The van der Waals surface area contributed by atoms with E-state index in [2.05, 4.69) is 10.3 Å².